The quantitative estimate of drug-likeness (QED) is 0.561. The van der Waals surface area contributed by atoms with Gasteiger partial charge < -0.3 is 15.7 Å². The molecule has 0 saturated heterocycles. The van der Waals surface area contributed by atoms with Crippen molar-refractivity contribution in [2.75, 3.05) is 12.8 Å². The summed E-state index contributed by atoms with van der Waals surface area (Å²) in [4.78, 5) is 22.9. The van der Waals surface area contributed by atoms with Gasteiger partial charge >= 0.3 is 5.97 Å². The molecule has 3 aromatic rings. The van der Waals surface area contributed by atoms with Crippen LogP contribution in [0.2, 0.25) is 0 Å². The molecule has 2 heterocycles. The molecule has 0 unspecified atom stereocenters. The zero-order valence-electron chi connectivity index (χ0n) is 11.5. The molecule has 7 nitrogen and oxygen atoms in total. The summed E-state index contributed by atoms with van der Waals surface area (Å²) in [5.74, 6) is -1.20. The number of nitrogen functional groups attached to an aromatic ring is 1. The number of oxime groups is 1. The van der Waals surface area contributed by atoms with Crippen LogP contribution in [0.1, 0.15) is 5.69 Å². The van der Waals surface area contributed by atoms with Crippen LogP contribution < -0.4 is 5.73 Å². The highest BCUT2D eigenvalue weighted by molar-refractivity contribution is 7.16. The molecule has 0 saturated carbocycles. The third kappa shape index (κ3) is 3.99. The summed E-state index contributed by atoms with van der Waals surface area (Å²) in [6, 6.07) is 8.13. The van der Waals surface area contributed by atoms with Crippen LogP contribution in [0.3, 0.4) is 0 Å². The largest absolute Gasteiger partial charge is 0.476 e. The van der Waals surface area contributed by atoms with E-state index in [0.717, 1.165) is 16.9 Å². The highest BCUT2D eigenvalue weighted by Gasteiger charge is 2.16. The first kappa shape index (κ1) is 15.9. The van der Waals surface area contributed by atoms with Gasteiger partial charge in [-0.15, -0.1) is 22.7 Å². The number of aliphatic carboxylic acids is 1. The summed E-state index contributed by atoms with van der Waals surface area (Å²) in [6.45, 7) is 0. The average molecular weight is 336 g/mol. The number of hydrogen-bond donors (Lipinski definition) is 2. The lowest BCUT2D eigenvalue weighted by Gasteiger charge is -1.94. The zero-order valence-corrected chi connectivity index (χ0v) is 13.1. The lowest BCUT2D eigenvalue weighted by molar-refractivity contribution is -0.129. The molecular formula is C13H12N4O3S2. The van der Waals surface area contributed by atoms with Crippen LogP contribution in [-0.4, -0.2) is 33.9 Å². The van der Waals surface area contributed by atoms with E-state index in [4.69, 9.17) is 10.8 Å². The van der Waals surface area contributed by atoms with Crippen molar-refractivity contribution in [3.05, 3.63) is 40.8 Å². The molecule has 3 rings (SSSR count). The van der Waals surface area contributed by atoms with E-state index < -0.39 is 5.97 Å². The number of rotatable bonds is 3. The molecule has 0 spiro atoms. The molecule has 1 aromatic carbocycles. The van der Waals surface area contributed by atoms with E-state index in [1.165, 1.54) is 17.2 Å². The third-order valence-corrected chi connectivity index (χ3v) is 3.87. The maximum absolute atomic E-state index is 10.6. The molecule has 0 aliphatic carbocycles. The van der Waals surface area contributed by atoms with Crippen molar-refractivity contribution in [3.63, 3.8) is 0 Å². The number of carboxylic acid groups (broad SMARTS) is 1. The minimum Gasteiger partial charge on any atom is -0.476 e. The number of fused-ring (bicyclic) bond motifs is 1. The van der Waals surface area contributed by atoms with Crippen LogP contribution in [0.5, 0.6) is 0 Å². The van der Waals surface area contributed by atoms with Crippen molar-refractivity contribution in [2.45, 2.75) is 0 Å². The van der Waals surface area contributed by atoms with Crippen molar-refractivity contribution < 1.29 is 14.7 Å². The van der Waals surface area contributed by atoms with Gasteiger partial charge in [-0.2, -0.15) is 0 Å². The van der Waals surface area contributed by atoms with Crippen LogP contribution >= 0.6 is 22.7 Å². The van der Waals surface area contributed by atoms with Crippen molar-refractivity contribution >= 4 is 49.7 Å². The molecule has 0 aliphatic rings. The number of carboxylic acids is 1. The first-order valence-electron chi connectivity index (χ1n) is 5.96. The second-order valence-electron chi connectivity index (χ2n) is 3.82. The predicted molar refractivity (Wildman–Crippen MR) is 87.3 cm³/mol. The molecular weight excluding hydrogens is 324 g/mol. The van der Waals surface area contributed by atoms with Gasteiger partial charge in [0.25, 0.3) is 0 Å². The van der Waals surface area contributed by atoms with E-state index in [1.807, 2.05) is 23.7 Å². The van der Waals surface area contributed by atoms with Gasteiger partial charge in [0.05, 0.1) is 15.7 Å². The Morgan fingerprint density at radius 3 is 2.73 bits per heavy atom. The number of nitrogens with zero attached hydrogens (tertiary/aromatic N) is 3. The Labute approximate surface area is 133 Å². The monoisotopic (exact) mass is 336 g/mol. The molecule has 9 heteroatoms. The summed E-state index contributed by atoms with van der Waals surface area (Å²) in [5, 5.41) is 13.8. The Morgan fingerprint density at radius 1 is 1.36 bits per heavy atom. The fourth-order valence-electron chi connectivity index (χ4n) is 1.49. The van der Waals surface area contributed by atoms with Crippen LogP contribution in [0.4, 0.5) is 5.13 Å². The Hall–Kier alpha value is -2.52. The molecule has 0 fully saturated rings. The summed E-state index contributed by atoms with van der Waals surface area (Å²) >= 11 is 2.82. The molecule has 0 atom stereocenters. The van der Waals surface area contributed by atoms with Gasteiger partial charge in [0.1, 0.15) is 12.8 Å². The predicted octanol–water partition coefficient (Wildman–Crippen LogP) is 2.46. The Balaban J connectivity index is 0.000000170. The van der Waals surface area contributed by atoms with E-state index in [1.54, 1.807) is 11.3 Å². The van der Waals surface area contributed by atoms with Gasteiger partial charge in [-0.3, -0.25) is 0 Å². The van der Waals surface area contributed by atoms with Crippen molar-refractivity contribution in [1.29, 1.82) is 0 Å². The fraction of sp³-hybridized carbons (Fsp3) is 0.0769. The fourth-order valence-corrected chi connectivity index (χ4v) is 2.71. The number of para-hydroxylation sites is 1. The van der Waals surface area contributed by atoms with Gasteiger partial charge in [0.15, 0.2) is 5.13 Å². The average Bonchev–Trinajstić information content (AvgIpc) is 3.13. The summed E-state index contributed by atoms with van der Waals surface area (Å²) in [5.41, 5.74) is 8.25. The maximum Gasteiger partial charge on any atom is 0.360 e. The van der Waals surface area contributed by atoms with E-state index in [0.29, 0.717) is 5.13 Å². The van der Waals surface area contributed by atoms with Crippen LogP contribution in [0.15, 0.2) is 40.3 Å². The van der Waals surface area contributed by atoms with Gasteiger partial charge in [0.2, 0.25) is 5.71 Å². The maximum atomic E-state index is 10.6. The first-order valence-corrected chi connectivity index (χ1v) is 7.71. The van der Waals surface area contributed by atoms with E-state index >= 15 is 0 Å². The smallest absolute Gasteiger partial charge is 0.360 e. The number of thiazole rings is 2. The molecule has 2 aromatic heterocycles. The molecule has 0 radical (unpaired) electrons. The number of anilines is 1. The van der Waals surface area contributed by atoms with E-state index in [9.17, 15) is 4.79 Å². The first-order chi connectivity index (χ1) is 10.6. The topological polar surface area (TPSA) is 111 Å². The number of aromatic nitrogens is 2. The van der Waals surface area contributed by atoms with Crippen LogP contribution in [0.25, 0.3) is 10.2 Å². The molecule has 3 N–H and O–H groups in total. The van der Waals surface area contributed by atoms with Gasteiger partial charge in [-0.25, -0.2) is 14.8 Å². The van der Waals surface area contributed by atoms with E-state index in [2.05, 4.69) is 26.0 Å². The normalized spacial score (nSPS) is 10.9. The van der Waals surface area contributed by atoms with Crippen LogP contribution in [-0.2, 0) is 9.63 Å². The number of nitrogens with two attached hydrogens (primary N) is 1. The molecule has 0 aliphatic heterocycles. The lowest BCUT2D eigenvalue weighted by Crippen LogP contribution is -2.15. The van der Waals surface area contributed by atoms with E-state index in [-0.39, 0.29) is 11.4 Å². The highest BCUT2D eigenvalue weighted by Crippen LogP contribution is 2.15. The zero-order chi connectivity index (χ0) is 15.9. The lowest BCUT2D eigenvalue weighted by atomic mass is 10.3. The number of carbonyl (C=O) groups is 1. The van der Waals surface area contributed by atoms with Gasteiger partial charge in [-0.1, -0.05) is 17.3 Å². The van der Waals surface area contributed by atoms with Gasteiger partial charge in [-0.05, 0) is 12.1 Å². The Bertz CT molecular complexity index is 767. The minimum atomic E-state index is -1.20. The summed E-state index contributed by atoms with van der Waals surface area (Å²) in [6.07, 6.45) is 0. The standard InChI is InChI=1S/C7H5NS.C6H7N3O3S/c1-2-4-7-6(3-1)8-5-9-7;1-12-9-4(5(10)11)3-2-13-6(7)8-3/h1-5H;2H,1H3,(H2,7,8)(H,10,11). The number of hydrogen-bond acceptors (Lipinski definition) is 8. The van der Waals surface area contributed by atoms with Crippen LogP contribution in [0, 0.1) is 0 Å². The minimum absolute atomic E-state index is 0.205. The van der Waals surface area contributed by atoms with Crippen molar-refractivity contribution in [3.8, 4) is 0 Å². The number of benzene rings is 1. The SMILES string of the molecule is CON=C(C(=O)O)c1csc(N)n1.c1ccc2scnc2c1. The summed E-state index contributed by atoms with van der Waals surface area (Å²) in [7, 11) is 1.26. The second kappa shape index (κ2) is 7.48. The molecule has 0 amide bonds. The second-order valence-corrected chi connectivity index (χ2v) is 5.59. The summed E-state index contributed by atoms with van der Waals surface area (Å²) < 4.78 is 1.26. The molecule has 114 valence electrons. The third-order valence-electron chi connectivity index (χ3n) is 2.39. The Morgan fingerprint density at radius 2 is 2.14 bits per heavy atom. The Kier molecular flexibility index (Phi) is 5.39. The highest BCUT2D eigenvalue weighted by atomic mass is 32.1. The molecule has 0 bridgehead atoms. The molecule has 22 heavy (non-hydrogen) atoms. The van der Waals surface area contributed by atoms with Crippen molar-refractivity contribution in [1.82, 2.24) is 9.97 Å². The van der Waals surface area contributed by atoms with Gasteiger partial charge in [0, 0.05) is 5.38 Å². The van der Waals surface area contributed by atoms with Crippen molar-refractivity contribution in [2.24, 2.45) is 5.16 Å².